The zero-order valence-corrected chi connectivity index (χ0v) is 3.92. The molecule has 0 rings (SSSR count). The van der Waals surface area contributed by atoms with Crippen LogP contribution in [0.25, 0.3) is 0 Å². The highest BCUT2D eigenvalue weighted by molar-refractivity contribution is 5.69. The molecule has 11 N–H and O–H groups in total. The van der Waals surface area contributed by atoms with E-state index >= 15 is 0 Å². The predicted molar refractivity (Wildman–Crippen MR) is 27.2 cm³/mol. The highest BCUT2D eigenvalue weighted by Crippen LogP contribution is 1.25. The summed E-state index contributed by atoms with van der Waals surface area (Å²) in [4.78, 5) is 9.00. The zero-order valence-electron chi connectivity index (χ0n) is 3.92. The van der Waals surface area contributed by atoms with Gasteiger partial charge < -0.3 is 17.6 Å². The molecule has 0 aromatic rings. The monoisotopic (exact) mass is 109 g/mol. The van der Waals surface area contributed by atoms with Crippen molar-refractivity contribution in [1.29, 1.82) is 0 Å². The molecule has 46 valence electrons. The Kier molecular flexibility index (Phi) is 45.1. The van der Waals surface area contributed by atoms with Gasteiger partial charge in [-0.05, 0) is 0 Å². The minimum Gasteiger partial charge on any atom is -0.352 e. The molecule has 0 aliphatic rings. The molecule has 0 saturated carbocycles. The number of carbonyl (C=O) groups excluding carboxylic acids is 1. The number of carbonyl (C=O) groups is 1. The highest BCUT2D eigenvalue weighted by Gasteiger charge is 1.60. The van der Waals surface area contributed by atoms with Gasteiger partial charge in [0.25, 0.3) is 0 Å². The Morgan fingerprint density at radius 1 is 1.14 bits per heavy atom. The van der Waals surface area contributed by atoms with Gasteiger partial charge >= 0.3 is 6.03 Å². The fourth-order valence-electron chi connectivity index (χ4n) is 0. The zero-order chi connectivity index (χ0) is 5.58. The second-order valence-electron chi connectivity index (χ2n) is 0.402. The molecule has 0 aromatic heterocycles. The number of amides is 2. The minimum absolute atomic E-state index is 0. The van der Waals surface area contributed by atoms with Crippen LogP contribution in [0.2, 0.25) is 0 Å². The largest absolute Gasteiger partial charge is 0.352 e. The van der Waals surface area contributed by atoms with Gasteiger partial charge in [-0.15, -0.1) is 0 Å². The van der Waals surface area contributed by atoms with Gasteiger partial charge in [0.05, 0.1) is 0 Å². The molecule has 2 amide bonds. The maximum absolute atomic E-state index is 9.00. The number of rotatable bonds is 0. The highest BCUT2D eigenvalue weighted by atomic mass is 16.2. The second-order valence-corrected chi connectivity index (χ2v) is 0.402. The molecule has 0 fully saturated rings. The van der Waals surface area contributed by atoms with Crippen LogP contribution in [0.5, 0.6) is 0 Å². The molecular weight excluding hydrogens is 98.0 g/mol. The average molecular weight is 109 g/mol. The lowest BCUT2D eigenvalue weighted by molar-refractivity contribution is 0.256. The van der Waals surface area contributed by atoms with Crippen molar-refractivity contribution in [3.05, 3.63) is 0 Å². The molecule has 0 aromatic carbocycles. The van der Waals surface area contributed by atoms with Crippen LogP contribution in [-0.4, -0.2) is 6.03 Å². The summed E-state index contributed by atoms with van der Waals surface area (Å²) in [7, 11) is 0. The molecule has 6 nitrogen and oxygen atoms in total. The van der Waals surface area contributed by atoms with Gasteiger partial charge in [-0.1, -0.05) is 0 Å². The van der Waals surface area contributed by atoms with E-state index in [-0.39, 0.29) is 6.15 Å². The van der Waals surface area contributed by atoms with E-state index in [1.807, 2.05) is 0 Å². The SMILES string of the molecule is N.NC(N)=O.NN. The van der Waals surface area contributed by atoms with Gasteiger partial charge in [0, 0.05) is 0 Å². The third-order valence-electron chi connectivity index (χ3n) is 0. The first-order valence-corrected chi connectivity index (χ1v) is 1.11. The first-order valence-electron chi connectivity index (χ1n) is 1.11. The molecule has 0 aliphatic heterocycles. The number of primary amides is 2. The Labute approximate surface area is 41.4 Å². The molecule has 6 heteroatoms. The number of nitrogens with two attached hydrogens (primary N) is 4. The summed E-state index contributed by atoms with van der Waals surface area (Å²) < 4.78 is 0. The quantitative estimate of drug-likeness (QED) is 0.180. The molecular formula is CH11N5O. The van der Waals surface area contributed by atoms with Crippen LogP contribution in [0.15, 0.2) is 0 Å². The van der Waals surface area contributed by atoms with Crippen LogP contribution in [0, 0.1) is 0 Å². The maximum Gasteiger partial charge on any atom is 0.309 e. The molecule has 0 bridgehead atoms. The fraction of sp³-hybridized carbons (Fsp3) is 0. The Morgan fingerprint density at radius 3 is 1.14 bits per heavy atom. The van der Waals surface area contributed by atoms with Crippen molar-refractivity contribution in [2.45, 2.75) is 0 Å². The van der Waals surface area contributed by atoms with Crippen LogP contribution in [0.1, 0.15) is 0 Å². The standard InChI is InChI=1S/CH4N2O.H4N2.H3N/c2-1(3)4;1-2;/h(H4,2,3,4);1-2H2;1H3. The van der Waals surface area contributed by atoms with Crippen LogP contribution in [0.4, 0.5) is 4.79 Å². The van der Waals surface area contributed by atoms with Crippen LogP contribution >= 0.6 is 0 Å². The molecule has 0 atom stereocenters. The lowest BCUT2D eigenvalue weighted by Gasteiger charge is -1.62. The third kappa shape index (κ3) is 70.7. The summed E-state index contributed by atoms with van der Waals surface area (Å²) in [6.45, 7) is 0. The van der Waals surface area contributed by atoms with E-state index in [0.717, 1.165) is 0 Å². The second kappa shape index (κ2) is 19.2. The van der Waals surface area contributed by atoms with Crippen molar-refractivity contribution in [3.8, 4) is 0 Å². The van der Waals surface area contributed by atoms with Crippen LogP contribution in [0.3, 0.4) is 0 Å². The van der Waals surface area contributed by atoms with Gasteiger partial charge in [0.2, 0.25) is 0 Å². The van der Waals surface area contributed by atoms with Crippen molar-refractivity contribution in [1.82, 2.24) is 6.15 Å². The van der Waals surface area contributed by atoms with Crippen molar-refractivity contribution in [2.75, 3.05) is 0 Å². The summed E-state index contributed by atoms with van der Waals surface area (Å²) in [5.41, 5.74) is 8.50. The summed E-state index contributed by atoms with van der Waals surface area (Å²) in [6.07, 6.45) is 0. The van der Waals surface area contributed by atoms with E-state index in [1.54, 1.807) is 0 Å². The van der Waals surface area contributed by atoms with Gasteiger partial charge in [-0.3, -0.25) is 11.7 Å². The van der Waals surface area contributed by atoms with E-state index in [4.69, 9.17) is 4.79 Å². The summed E-state index contributed by atoms with van der Waals surface area (Å²) in [6, 6.07) is -0.833. The molecule has 0 heterocycles. The molecule has 0 unspecified atom stereocenters. The molecule has 0 saturated heterocycles. The predicted octanol–water partition coefficient (Wildman–Crippen LogP) is -2.00. The maximum atomic E-state index is 9.00. The summed E-state index contributed by atoms with van der Waals surface area (Å²) in [5, 5.41) is 0. The first-order chi connectivity index (χ1) is 2.73. The molecule has 7 heavy (non-hydrogen) atoms. The van der Waals surface area contributed by atoms with Gasteiger partial charge in [-0.2, -0.15) is 0 Å². The summed E-state index contributed by atoms with van der Waals surface area (Å²) in [5.74, 6) is 8.00. The lowest BCUT2D eigenvalue weighted by Crippen LogP contribution is -2.18. The molecule has 0 spiro atoms. The lowest BCUT2D eigenvalue weighted by atomic mass is 11.2. The Bertz CT molecular complexity index is 31.1. The topological polar surface area (TPSA) is 156 Å². The van der Waals surface area contributed by atoms with E-state index in [1.165, 1.54) is 0 Å². The number of hydrazine groups is 1. The fourth-order valence-corrected chi connectivity index (χ4v) is 0. The van der Waals surface area contributed by atoms with E-state index < -0.39 is 6.03 Å². The first kappa shape index (κ1) is 16.4. The number of hydrogen-bond acceptors (Lipinski definition) is 4. The Hall–Kier alpha value is -0.850. The third-order valence-corrected chi connectivity index (χ3v) is 0. The van der Waals surface area contributed by atoms with Crippen LogP contribution < -0.4 is 29.3 Å². The normalized spacial score (nSPS) is 4.29. The van der Waals surface area contributed by atoms with E-state index in [2.05, 4.69) is 23.2 Å². The van der Waals surface area contributed by atoms with Gasteiger partial charge in [0.1, 0.15) is 0 Å². The Morgan fingerprint density at radius 2 is 1.14 bits per heavy atom. The molecule has 0 aliphatic carbocycles. The van der Waals surface area contributed by atoms with Crippen molar-refractivity contribution in [3.63, 3.8) is 0 Å². The smallest absolute Gasteiger partial charge is 0.309 e. The van der Waals surface area contributed by atoms with Crippen molar-refractivity contribution < 1.29 is 4.79 Å². The van der Waals surface area contributed by atoms with Gasteiger partial charge in [0.15, 0.2) is 0 Å². The van der Waals surface area contributed by atoms with E-state index in [9.17, 15) is 0 Å². The summed E-state index contributed by atoms with van der Waals surface area (Å²) >= 11 is 0. The average Bonchev–Trinajstić information content (AvgIpc) is 1.41. The van der Waals surface area contributed by atoms with Crippen LogP contribution in [-0.2, 0) is 0 Å². The number of hydrogen-bond donors (Lipinski definition) is 5. The van der Waals surface area contributed by atoms with Gasteiger partial charge in [-0.25, -0.2) is 4.79 Å². The minimum atomic E-state index is -0.833. The Balaban J connectivity index is -0.0000000480. The van der Waals surface area contributed by atoms with Crippen molar-refractivity contribution in [2.24, 2.45) is 23.2 Å². The van der Waals surface area contributed by atoms with Crippen molar-refractivity contribution >= 4 is 6.03 Å². The van der Waals surface area contributed by atoms with E-state index in [0.29, 0.717) is 0 Å². The molecule has 0 radical (unpaired) electrons. The number of urea groups is 1.